The largest absolute Gasteiger partial charge is 0.394 e. The lowest BCUT2D eigenvalue weighted by Crippen LogP contribution is -2.02. The minimum atomic E-state index is 0.100. The Labute approximate surface area is 96.8 Å². The van der Waals surface area contributed by atoms with Crippen molar-refractivity contribution in [2.75, 3.05) is 25.6 Å². The van der Waals surface area contributed by atoms with Crippen LogP contribution in [0.1, 0.15) is 0 Å². The van der Waals surface area contributed by atoms with Gasteiger partial charge in [0.25, 0.3) is 0 Å². The predicted octanol–water partition coefficient (Wildman–Crippen LogP) is 2.55. The standard InChI is InChI=1S/C10H13BrO2S/c11-9-1-3-10(4-2-9)14-8-7-13-6-5-12/h1-4,12H,5-8H2. The van der Waals surface area contributed by atoms with E-state index in [1.165, 1.54) is 4.90 Å². The summed E-state index contributed by atoms with van der Waals surface area (Å²) in [6.45, 7) is 1.21. The maximum Gasteiger partial charge on any atom is 0.0698 e. The highest BCUT2D eigenvalue weighted by atomic mass is 79.9. The molecule has 0 amide bonds. The lowest BCUT2D eigenvalue weighted by molar-refractivity contribution is 0.103. The molecule has 0 heterocycles. The number of benzene rings is 1. The number of thioether (sulfide) groups is 1. The summed E-state index contributed by atoms with van der Waals surface area (Å²) >= 11 is 5.14. The van der Waals surface area contributed by atoms with E-state index in [0.717, 1.165) is 10.2 Å². The molecule has 0 saturated carbocycles. The monoisotopic (exact) mass is 276 g/mol. The quantitative estimate of drug-likeness (QED) is 0.640. The van der Waals surface area contributed by atoms with Gasteiger partial charge in [0.1, 0.15) is 0 Å². The van der Waals surface area contributed by atoms with Gasteiger partial charge in [-0.3, -0.25) is 0 Å². The van der Waals surface area contributed by atoms with E-state index in [1.54, 1.807) is 11.8 Å². The molecule has 1 N–H and O–H groups in total. The highest BCUT2D eigenvalue weighted by molar-refractivity contribution is 9.10. The van der Waals surface area contributed by atoms with Crippen LogP contribution in [0, 0.1) is 0 Å². The van der Waals surface area contributed by atoms with Crippen molar-refractivity contribution in [1.82, 2.24) is 0 Å². The molecule has 0 saturated heterocycles. The number of hydrogen-bond acceptors (Lipinski definition) is 3. The first kappa shape index (κ1) is 12.0. The zero-order chi connectivity index (χ0) is 10.2. The SMILES string of the molecule is OCCOCCSc1ccc(Br)cc1. The van der Waals surface area contributed by atoms with Gasteiger partial charge in [0.15, 0.2) is 0 Å². The Kier molecular flexibility index (Phi) is 6.27. The Balaban J connectivity index is 2.15. The van der Waals surface area contributed by atoms with Gasteiger partial charge in [-0.25, -0.2) is 0 Å². The van der Waals surface area contributed by atoms with Gasteiger partial charge in [-0.05, 0) is 24.3 Å². The number of halogens is 1. The lowest BCUT2D eigenvalue weighted by Gasteiger charge is -2.02. The van der Waals surface area contributed by atoms with Crippen molar-refractivity contribution in [1.29, 1.82) is 0 Å². The zero-order valence-corrected chi connectivity index (χ0v) is 10.2. The minimum absolute atomic E-state index is 0.100. The molecule has 0 aliphatic carbocycles. The Bertz CT molecular complexity index is 251. The van der Waals surface area contributed by atoms with Crippen LogP contribution in [0.4, 0.5) is 0 Å². The van der Waals surface area contributed by atoms with Crippen molar-refractivity contribution in [3.63, 3.8) is 0 Å². The van der Waals surface area contributed by atoms with Gasteiger partial charge in [0, 0.05) is 15.1 Å². The summed E-state index contributed by atoms with van der Waals surface area (Å²) < 4.78 is 6.24. The van der Waals surface area contributed by atoms with E-state index in [1.807, 2.05) is 12.1 Å². The minimum Gasteiger partial charge on any atom is -0.394 e. The van der Waals surface area contributed by atoms with Crippen LogP contribution in [0.15, 0.2) is 33.6 Å². The molecule has 0 aliphatic heterocycles. The molecule has 0 radical (unpaired) electrons. The normalized spacial score (nSPS) is 10.4. The van der Waals surface area contributed by atoms with Crippen LogP contribution in [0.2, 0.25) is 0 Å². The third kappa shape index (κ3) is 5.00. The molecular weight excluding hydrogens is 264 g/mol. The fraction of sp³-hybridized carbons (Fsp3) is 0.400. The Morgan fingerprint density at radius 1 is 1.21 bits per heavy atom. The van der Waals surface area contributed by atoms with Gasteiger partial charge < -0.3 is 9.84 Å². The number of hydrogen-bond donors (Lipinski definition) is 1. The molecule has 0 aromatic heterocycles. The van der Waals surface area contributed by atoms with Crippen LogP contribution in [0.5, 0.6) is 0 Å². The molecule has 0 atom stereocenters. The van der Waals surface area contributed by atoms with E-state index in [0.29, 0.717) is 13.2 Å². The second kappa shape index (κ2) is 7.29. The number of ether oxygens (including phenoxy) is 1. The van der Waals surface area contributed by atoms with Crippen molar-refractivity contribution in [3.8, 4) is 0 Å². The Morgan fingerprint density at radius 3 is 2.57 bits per heavy atom. The average Bonchev–Trinajstić information content (AvgIpc) is 2.21. The van der Waals surface area contributed by atoms with E-state index in [2.05, 4.69) is 28.1 Å². The highest BCUT2D eigenvalue weighted by Crippen LogP contribution is 2.20. The molecule has 78 valence electrons. The van der Waals surface area contributed by atoms with E-state index in [-0.39, 0.29) is 6.61 Å². The van der Waals surface area contributed by atoms with Crippen molar-refractivity contribution in [2.24, 2.45) is 0 Å². The number of aliphatic hydroxyl groups is 1. The summed E-state index contributed by atoms with van der Waals surface area (Å²) in [5.41, 5.74) is 0. The number of rotatable bonds is 6. The summed E-state index contributed by atoms with van der Waals surface area (Å²) in [5, 5.41) is 8.48. The van der Waals surface area contributed by atoms with Crippen LogP contribution in [0.3, 0.4) is 0 Å². The van der Waals surface area contributed by atoms with E-state index in [4.69, 9.17) is 9.84 Å². The highest BCUT2D eigenvalue weighted by Gasteiger charge is 1.93. The summed E-state index contributed by atoms with van der Waals surface area (Å²) in [4.78, 5) is 1.24. The molecule has 1 aromatic carbocycles. The number of aliphatic hydroxyl groups excluding tert-OH is 1. The summed E-state index contributed by atoms with van der Waals surface area (Å²) in [5.74, 6) is 0.918. The van der Waals surface area contributed by atoms with Gasteiger partial charge in [0.05, 0.1) is 19.8 Å². The average molecular weight is 277 g/mol. The van der Waals surface area contributed by atoms with Crippen molar-refractivity contribution < 1.29 is 9.84 Å². The molecule has 0 unspecified atom stereocenters. The molecule has 1 rings (SSSR count). The van der Waals surface area contributed by atoms with E-state index < -0.39 is 0 Å². The third-order valence-corrected chi connectivity index (χ3v) is 3.05. The Morgan fingerprint density at radius 2 is 1.93 bits per heavy atom. The molecule has 14 heavy (non-hydrogen) atoms. The van der Waals surface area contributed by atoms with Gasteiger partial charge >= 0.3 is 0 Å². The topological polar surface area (TPSA) is 29.5 Å². The summed E-state index contributed by atoms with van der Waals surface area (Å²) in [6, 6.07) is 8.19. The van der Waals surface area contributed by atoms with Crippen LogP contribution < -0.4 is 0 Å². The third-order valence-electron chi connectivity index (χ3n) is 1.55. The van der Waals surface area contributed by atoms with E-state index in [9.17, 15) is 0 Å². The van der Waals surface area contributed by atoms with Crippen LogP contribution in [0.25, 0.3) is 0 Å². The van der Waals surface area contributed by atoms with Crippen LogP contribution in [-0.4, -0.2) is 30.7 Å². The second-order valence-corrected chi connectivity index (χ2v) is 4.72. The van der Waals surface area contributed by atoms with E-state index >= 15 is 0 Å². The van der Waals surface area contributed by atoms with Gasteiger partial charge in [-0.2, -0.15) is 0 Å². The smallest absolute Gasteiger partial charge is 0.0698 e. The summed E-state index contributed by atoms with van der Waals surface area (Å²) in [6.07, 6.45) is 0. The fourth-order valence-corrected chi connectivity index (χ4v) is 1.95. The first-order valence-electron chi connectivity index (χ1n) is 4.40. The predicted molar refractivity (Wildman–Crippen MR) is 62.8 cm³/mol. The molecule has 0 aliphatic rings. The maximum atomic E-state index is 8.48. The molecule has 4 heteroatoms. The van der Waals surface area contributed by atoms with Gasteiger partial charge in [-0.15, -0.1) is 11.8 Å². The summed E-state index contributed by atoms with van der Waals surface area (Å²) in [7, 11) is 0. The fourth-order valence-electron chi connectivity index (χ4n) is 0.916. The Hall–Kier alpha value is -0.0300. The van der Waals surface area contributed by atoms with Crippen molar-refractivity contribution >= 4 is 27.7 Å². The van der Waals surface area contributed by atoms with Gasteiger partial charge in [-0.1, -0.05) is 15.9 Å². The first-order chi connectivity index (χ1) is 6.83. The molecule has 0 spiro atoms. The molecular formula is C10H13BrO2S. The molecule has 1 aromatic rings. The molecule has 0 bridgehead atoms. The lowest BCUT2D eigenvalue weighted by atomic mass is 10.4. The maximum absolute atomic E-state index is 8.48. The zero-order valence-electron chi connectivity index (χ0n) is 7.78. The van der Waals surface area contributed by atoms with Crippen molar-refractivity contribution in [3.05, 3.63) is 28.7 Å². The van der Waals surface area contributed by atoms with Crippen LogP contribution >= 0.6 is 27.7 Å². The van der Waals surface area contributed by atoms with Crippen LogP contribution in [-0.2, 0) is 4.74 Å². The molecule has 2 nitrogen and oxygen atoms in total. The van der Waals surface area contributed by atoms with Gasteiger partial charge in [0.2, 0.25) is 0 Å². The second-order valence-electron chi connectivity index (χ2n) is 2.64. The van der Waals surface area contributed by atoms with Crippen molar-refractivity contribution in [2.45, 2.75) is 4.90 Å². The first-order valence-corrected chi connectivity index (χ1v) is 6.18. The molecule has 0 fully saturated rings.